The second-order valence-electron chi connectivity index (χ2n) is 4.50. The van der Waals surface area contributed by atoms with Gasteiger partial charge in [-0.15, -0.1) is 0 Å². The molecule has 1 aromatic heterocycles. The molecule has 2 aromatic rings. The van der Waals surface area contributed by atoms with E-state index in [4.69, 9.17) is 25.2 Å². The van der Waals surface area contributed by atoms with Gasteiger partial charge in [-0.1, -0.05) is 0 Å². The van der Waals surface area contributed by atoms with Gasteiger partial charge in [0.2, 0.25) is 5.88 Å². The summed E-state index contributed by atoms with van der Waals surface area (Å²) in [4.78, 5) is 15.9. The van der Waals surface area contributed by atoms with E-state index in [-0.39, 0.29) is 23.7 Å². The second kappa shape index (κ2) is 7.66. The summed E-state index contributed by atoms with van der Waals surface area (Å²) in [6.07, 6.45) is 1.28. The molecular weight excluding hydrogens is 378 g/mol. The van der Waals surface area contributed by atoms with Crippen LogP contribution in [0.4, 0.5) is 5.69 Å². The number of esters is 1. The van der Waals surface area contributed by atoms with E-state index in [9.17, 15) is 4.79 Å². The van der Waals surface area contributed by atoms with Crippen LogP contribution in [0.25, 0.3) is 0 Å². The van der Waals surface area contributed by atoms with Gasteiger partial charge in [-0.25, -0.2) is 9.78 Å². The highest BCUT2D eigenvalue weighted by molar-refractivity contribution is 9.10. The van der Waals surface area contributed by atoms with Gasteiger partial charge in [0.25, 0.3) is 0 Å². The van der Waals surface area contributed by atoms with Gasteiger partial charge in [0.05, 0.1) is 31.0 Å². The highest BCUT2D eigenvalue weighted by Gasteiger charge is 2.19. The first-order valence-corrected chi connectivity index (χ1v) is 7.68. The Bertz CT molecular complexity index is 818. The van der Waals surface area contributed by atoms with Gasteiger partial charge in [0.15, 0.2) is 11.5 Å². The molecule has 2 rings (SSSR count). The Balaban J connectivity index is 2.36. The third-order valence-corrected chi connectivity index (χ3v) is 3.79. The van der Waals surface area contributed by atoms with Crippen molar-refractivity contribution in [2.24, 2.45) is 0 Å². The summed E-state index contributed by atoms with van der Waals surface area (Å²) >= 11 is 3.27. The average Bonchev–Trinajstić information content (AvgIpc) is 2.59. The van der Waals surface area contributed by atoms with Crippen LogP contribution in [0.3, 0.4) is 0 Å². The van der Waals surface area contributed by atoms with Gasteiger partial charge >= 0.3 is 5.97 Å². The molecule has 0 radical (unpaired) electrons. The first-order valence-electron chi connectivity index (χ1n) is 6.88. The number of hydrogen-bond donors (Lipinski definition) is 1. The number of nitrogen functional groups attached to an aromatic ring is 1. The normalized spacial score (nSPS) is 9.92. The fourth-order valence-electron chi connectivity index (χ4n) is 1.85. The Kier molecular flexibility index (Phi) is 5.60. The van der Waals surface area contributed by atoms with Crippen molar-refractivity contribution in [1.29, 1.82) is 5.26 Å². The lowest BCUT2D eigenvalue weighted by Gasteiger charge is -2.13. The monoisotopic (exact) mass is 391 g/mol. The van der Waals surface area contributed by atoms with Crippen LogP contribution in [0.1, 0.15) is 22.8 Å². The molecule has 0 saturated carbocycles. The Morgan fingerprint density at radius 3 is 2.79 bits per heavy atom. The molecule has 24 heavy (non-hydrogen) atoms. The minimum atomic E-state index is -0.564. The van der Waals surface area contributed by atoms with Gasteiger partial charge in [-0.2, -0.15) is 5.26 Å². The maximum Gasteiger partial charge on any atom is 0.341 e. The van der Waals surface area contributed by atoms with Gasteiger partial charge in [-0.05, 0) is 35.0 Å². The fraction of sp³-hybridized carbons (Fsp3) is 0.188. The Labute approximate surface area is 147 Å². The Hall–Kier alpha value is -2.79. The van der Waals surface area contributed by atoms with Crippen molar-refractivity contribution >= 4 is 27.6 Å². The number of halogens is 1. The number of aromatic nitrogens is 1. The Morgan fingerprint density at radius 2 is 2.17 bits per heavy atom. The predicted molar refractivity (Wildman–Crippen MR) is 90.1 cm³/mol. The number of rotatable bonds is 5. The van der Waals surface area contributed by atoms with E-state index in [2.05, 4.69) is 20.9 Å². The van der Waals surface area contributed by atoms with E-state index in [0.29, 0.717) is 21.5 Å². The van der Waals surface area contributed by atoms with E-state index in [0.717, 1.165) is 0 Å². The van der Waals surface area contributed by atoms with E-state index >= 15 is 0 Å². The lowest BCUT2D eigenvalue weighted by molar-refractivity contribution is 0.0527. The van der Waals surface area contributed by atoms with Crippen LogP contribution >= 0.6 is 15.9 Å². The zero-order chi connectivity index (χ0) is 17.7. The van der Waals surface area contributed by atoms with Crippen LogP contribution in [0.5, 0.6) is 17.4 Å². The topological polar surface area (TPSA) is 107 Å². The number of hydrogen-bond acceptors (Lipinski definition) is 7. The van der Waals surface area contributed by atoms with Gasteiger partial charge in [-0.3, -0.25) is 0 Å². The quantitative estimate of drug-likeness (QED) is 0.778. The molecule has 0 aliphatic carbocycles. The largest absolute Gasteiger partial charge is 0.493 e. The van der Waals surface area contributed by atoms with Gasteiger partial charge in [0.1, 0.15) is 10.0 Å². The molecule has 0 saturated heterocycles. The molecule has 0 aliphatic rings. The summed E-state index contributed by atoms with van der Waals surface area (Å²) in [5.74, 6) is 0.318. The first-order chi connectivity index (χ1) is 11.5. The molecule has 1 aromatic carbocycles. The van der Waals surface area contributed by atoms with Crippen LogP contribution in [0, 0.1) is 11.3 Å². The lowest BCUT2D eigenvalue weighted by Crippen LogP contribution is -2.09. The number of nitriles is 1. The maximum atomic E-state index is 11.8. The van der Waals surface area contributed by atoms with E-state index < -0.39 is 5.97 Å². The smallest absolute Gasteiger partial charge is 0.341 e. The minimum Gasteiger partial charge on any atom is -0.493 e. The number of anilines is 1. The molecule has 0 bridgehead atoms. The molecule has 0 aliphatic heterocycles. The summed E-state index contributed by atoms with van der Waals surface area (Å²) in [7, 11) is 1.46. The molecule has 0 spiro atoms. The van der Waals surface area contributed by atoms with Gasteiger partial charge < -0.3 is 19.9 Å². The third kappa shape index (κ3) is 3.58. The maximum absolute atomic E-state index is 11.8. The summed E-state index contributed by atoms with van der Waals surface area (Å²) < 4.78 is 16.1. The van der Waals surface area contributed by atoms with Crippen molar-refractivity contribution in [1.82, 2.24) is 4.98 Å². The predicted octanol–water partition coefficient (Wildman–Crippen LogP) is 3.28. The summed E-state index contributed by atoms with van der Waals surface area (Å²) in [5, 5.41) is 8.92. The standard InChI is InChI=1S/C16H14BrN3O4/c1-3-23-16(21)10-8-20-15(13(17)14(10)19)24-11-5-4-9(7-18)6-12(11)22-2/h4-6,8H,3H2,1-2H3,(H2,19,20). The lowest BCUT2D eigenvalue weighted by atomic mass is 10.2. The second-order valence-corrected chi connectivity index (χ2v) is 5.30. The minimum absolute atomic E-state index is 0.142. The van der Waals surface area contributed by atoms with Crippen molar-refractivity contribution < 1.29 is 19.0 Å². The van der Waals surface area contributed by atoms with E-state index in [1.165, 1.54) is 13.3 Å². The number of benzene rings is 1. The average molecular weight is 392 g/mol. The molecule has 8 heteroatoms. The van der Waals surface area contributed by atoms with Crippen LogP contribution < -0.4 is 15.2 Å². The first kappa shape index (κ1) is 17.6. The Morgan fingerprint density at radius 1 is 1.42 bits per heavy atom. The molecular formula is C16H14BrN3O4. The molecule has 124 valence electrons. The third-order valence-electron chi connectivity index (χ3n) is 3.02. The van der Waals surface area contributed by atoms with Gasteiger partial charge in [0, 0.05) is 12.3 Å². The van der Waals surface area contributed by atoms with Crippen molar-refractivity contribution in [2.45, 2.75) is 6.92 Å². The van der Waals surface area contributed by atoms with Crippen LogP contribution in [0.2, 0.25) is 0 Å². The number of ether oxygens (including phenoxy) is 3. The van der Waals surface area contributed by atoms with Crippen molar-refractivity contribution in [3.63, 3.8) is 0 Å². The molecule has 1 heterocycles. The molecule has 0 fully saturated rings. The highest BCUT2D eigenvalue weighted by atomic mass is 79.9. The van der Waals surface area contributed by atoms with Crippen LogP contribution in [-0.2, 0) is 4.74 Å². The zero-order valence-corrected chi connectivity index (χ0v) is 14.6. The van der Waals surface area contributed by atoms with Crippen LogP contribution in [0.15, 0.2) is 28.9 Å². The highest BCUT2D eigenvalue weighted by Crippen LogP contribution is 2.37. The van der Waals surface area contributed by atoms with Crippen molar-refractivity contribution in [3.05, 3.63) is 40.0 Å². The number of carbonyl (C=O) groups is 1. The number of nitrogens with zero attached hydrogens (tertiary/aromatic N) is 2. The van der Waals surface area contributed by atoms with Crippen LogP contribution in [-0.4, -0.2) is 24.7 Å². The summed E-state index contributed by atoms with van der Waals surface area (Å²) in [5.41, 5.74) is 6.68. The van der Waals surface area contributed by atoms with E-state index in [1.807, 2.05) is 6.07 Å². The molecule has 7 nitrogen and oxygen atoms in total. The molecule has 2 N–H and O–H groups in total. The van der Waals surface area contributed by atoms with E-state index in [1.54, 1.807) is 25.1 Å². The van der Waals surface area contributed by atoms with Crippen molar-refractivity contribution in [2.75, 3.05) is 19.5 Å². The SMILES string of the molecule is CCOC(=O)c1cnc(Oc2ccc(C#N)cc2OC)c(Br)c1N. The number of methoxy groups -OCH3 is 1. The zero-order valence-electron chi connectivity index (χ0n) is 13.0. The fourth-order valence-corrected chi connectivity index (χ4v) is 2.25. The summed E-state index contributed by atoms with van der Waals surface area (Å²) in [6.45, 7) is 1.93. The molecule has 0 amide bonds. The summed E-state index contributed by atoms with van der Waals surface area (Å²) in [6, 6.07) is 6.72. The van der Waals surface area contributed by atoms with Crippen molar-refractivity contribution in [3.8, 4) is 23.4 Å². The number of pyridine rings is 1. The molecule has 0 atom stereocenters. The number of nitrogens with two attached hydrogens (primary N) is 1. The molecule has 0 unspecified atom stereocenters. The number of carbonyl (C=O) groups excluding carboxylic acids is 1.